The summed E-state index contributed by atoms with van der Waals surface area (Å²) in [7, 11) is 1.66. The highest BCUT2D eigenvalue weighted by molar-refractivity contribution is 9.10. The molecule has 0 bridgehead atoms. The molecule has 5 rings (SSSR count). The summed E-state index contributed by atoms with van der Waals surface area (Å²) in [5.41, 5.74) is 4.76. The molecular weight excluding hydrogens is 486 g/mol. The molecule has 1 N–H and O–H groups in total. The van der Waals surface area contributed by atoms with Crippen LogP contribution in [0.1, 0.15) is 23.6 Å². The van der Waals surface area contributed by atoms with Gasteiger partial charge < -0.3 is 9.84 Å². The Bertz CT molecular complexity index is 1270. The van der Waals surface area contributed by atoms with Gasteiger partial charge in [-0.25, -0.2) is 9.99 Å². The zero-order valence-corrected chi connectivity index (χ0v) is 19.7. The lowest BCUT2D eigenvalue weighted by atomic mass is 9.98. The van der Waals surface area contributed by atoms with Crippen LogP contribution in [0.4, 0.5) is 5.13 Å². The Hall–Kier alpha value is -3.16. The minimum atomic E-state index is -0.141. The van der Waals surface area contributed by atoms with Crippen molar-refractivity contribution in [2.75, 3.05) is 12.1 Å². The van der Waals surface area contributed by atoms with Gasteiger partial charge in [-0.15, -0.1) is 11.3 Å². The van der Waals surface area contributed by atoms with Crippen molar-refractivity contribution in [2.45, 2.75) is 12.5 Å². The number of nitrogens with zero attached hydrogens (tertiary/aromatic N) is 3. The predicted molar refractivity (Wildman–Crippen MR) is 133 cm³/mol. The molecule has 0 spiro atoms. The Morgan fingerprint density at radius 1 is 1.00 bits per heavy atom. The van der Waals surface area contributed by atoms with E-state index in [-0.39, 0.29) is 11.8 Å². The van der Waals surface area contributed by atoms with Crippen LogP contribution in [0.15, 0.2) is 87.8 Å². The third kappa shape index (κ3) is 4.01. The van der Waals surface area contributed by atoms with E-state index < -0.39 is 0 Å². The van der Waals surface area contributed by atoms with Gasteiger partial charge in [-0.05, 0) is 48.0 Å². The second-order valence-corrected chi connectivity index (χ2v) is 9.17. The van der Waals surface area contributed by atoms with Crippen LogP contribution in [0.25, 0.3) is 11.3 Å². The molecule has 4 aromatic rings. The Labute approximate surface area is 198 Å². The van der Waals surface area contributed by atoms with Crippen molar-refractivity contribution in [3.8, 4) is 22.8 Å². The molecule has 160 valence electrons. The van der Waals surface area contributed by atoms with E-state index in [0.29, 0.717) is 6.42 Å². The molecule has 1 atom stereocenters. The number of methoxy groups -OCH3 is 1. The van der Waals surface area contributed by atoms with Gasteiger partial charge in [0.05, 0.1) is 24.6 Å². The van der Waals surface area contributed by atoms with Gasteiger partial charge in [0.2, 0.25) is 5.13 Å². The SMILES string of the molecule is COc1ccc(C2=NN(c3nc(-c4ccc(Br)cc4)cs3)C(c3ccccc3O)C2)cc1. The molecule has 1 aliphatic rings. The van der Waals surface area contributed by atoms with Gasteiger partial charge in [-0.2, -0.15) is 5.10 Å². The number of thiazole rings is 1. The third-order valence-corrected chi connectivity index (χ3v) is 6.82. The zero-order valence-electron chi connectivity index (χ0n) is 17.3. The second-order valence-electron chi connectivity index (χ2n) is 7.42. The first-order valence-corrected chi connectivity index (χ1v) is 11.8. The Morgan fingerprint density at radius 3 is 2.44 bits per heavy atom. The van der Waals surface area contributed by atoms with E-state index >= 15 is 0 Å². The number of anilines is 1. The maximum Gasteiger partial charge on any atom is 0.207 e. The smallest absolute Gasteiger partial charge is 0.207 e. The van der Waals surface area contributed by atoms with E-state index in [1.54, 1.807) is 24.5 Å². The van der Waals surface area contributed by atoms with E-state index in [2.05, 4.69) is 15.9 Å². The topological polar surface area (TPSA) is 58.0 Å². The first-order valence-electron chi connectivity index (χ1n) is 10.1. The normalized spacial score (nSPS) is 15.6. The number of benzene rings is 3. The van der Waals surface area contributed by atoms with Crippen LogP contribution >= 0.6 is 27.3 Å². The van der Waals surface area contributed by atoms with E-state index in [1.807, 2.05) is 77.1 Å². The summed E-state index contributed by atoms with van der Waals surface area (Å²) in [4.78, 5) is 4.87. The van der Waals surface area contributed by atoms with Gasteiger partial charge in [-0.3, -0.25) is 0 Å². The third-order valence-electron chi connectivity index (χ3n) is 5.46. The Balaban J connectivity index is 1.53. The summed E-state index contributed by atoms with van der Waals surface area (Å²) in [6, 6.07) is 23.3. The number of phenolic OH excluding ortho intramolecular Hbond substituents is 1. The molecule has 1 unspecified atom stereocenters. The fourth-order valence-electron chi connectivity index (χ4n) is 3.78. The number of hydrogen-bond acceptors (Lipinski definition) is 6. The highest BCUT2D eigenvalue weighted by atomic mass is 79.9. The monoisotopic (exact) mass is 505 g/mol. The number of ether oxygens (including phenoxy) is 1. The Kier molecular flexibility index (Phi) is 5.68. The molecule has 2 heterocycles. The maximum absolute atomic E-state index is 10.6. The van der Waals surface area contributed by atoms with Crippen molar-refractivity contribution in [3.05, 3.63) is 93.8 Å². The van der Waals surface area contributed by atoms with Crippen LogP contribution in [0.5, 0.6) is 11.5 Å². The van der Waals surface area contributed by atoms with Gasteiger partial charge in [0.25, 0.3) is 0 Å². The van der Waals surface area contributed by atoms with Crippen LogP contribution in [0, 0.1) is 0 Å². The quantitative estimate of drug-likeness (QED) is 0.330. The number of rotatable bonds is 5. The summed E-state index contributed by atoms with van der Waals surface area (Å²) >= 11 is 5.03. The zero-order chi connectivity index (χ0) is 22.1. The number of phenols is 1. The van der Waals surface area contributed by atoms with Gasteiger partial charge >= 0.3 is 0 Å². The molecule has 0 fully saturated rings. The number of halogens is 1. The minimum Gasteiger partial charge on any atom is -0.508 e. The molecule has 3 aromatic carbocycles. The van der Waals surface area contributed by atoms with Gasteiger partial charge in [-0.1, -0.05) is 46.3 Å². The highest BCUT2D eigenvalue weighted by Crippen LogP contribution is 2.41. The van der Waals surface area contributed by atoms with E-state index in [9.17, 15) is 5.11 Å². The lowest BCUT2D eigenvalue weighted by Crippen LogP contribution is -2.18. The fraction of sp³-hybridized carbons (Fsp3) is 0.120. The van der Waals surface area contributed by atoms with Crippen molar-refractivity contribution < 1.29 is 9.84 Å². The van der Waals surface area contributed by atoms with E-state index in [4.69, 9.17) is 14.8 Å². The fourth-order valence-corrected chi connectivity index (χ4v) is 4.88. The first-order chi connectivity index (χ1) is 15.6. The van der Waals surface area contributed by atoms with Crippen molar-refractivity contribution in [3.63, 3.8) is 0 Å². The summed E-state index contributed by atoms with van der Waals surface area (Å²) in [6.45, 7) is 0. The van der Waals surface area contributed by atoms with Crippen LogP contribution in [-0.4, -0.2) is 22.9 Å². The molecule has 1 aromatic heterocycles. The van der Waals surface area contributed by atoms with Crippen molar-refractivity contribution >= 4 is 38.1 Å². The van der Waals surface area contributed by atoms with Crippen molar-refractivity contribution in [1.82, 2.24) is 4.98 Å². The van der Waals surface area contributed by atoms with Crippen LogP contribution < -0.4 is 9.75 Å². The largest absolute Gasteiger partial charge is 0.508 e. The highest BCUT2D eigenvalue weighted by Gasteiger charge is 2.33. The van der Waals surface area contributed by atoms with Crippen molar-refractivity contribution in [1.29, 1.82) is 0 Å². The summed E-state index contributed by atoms with van der Waals surface area (Å²) in [6.07, 6.45) is 0.664. The summed E-state index contributed by atoms with van der Waals surface area (Å²) in [5, 5.41) is 20.3. The van der Waals surface area contributed by atoms with Gasteiger partial charge in [0.1, 0.15) is 11.5 Å². The molecule has 0 saturated carbocycles. The van der Waals surface area contributed by atoms with E-state index in [1.165, 1.54) is 0 Å². The molecule has 7 heteroatoms. The van der Waals surface area contributed by atoms with E-state index in [0.717, 1.165) is 43.4 Å². The molecular formula is C25H20BrN3O2S. The molecule has 1 aliphatic heterocycles. The minimum absolute atomic E-state index is 0.141. The average molecular weight is 506 g/mol. The summed E-state index contributed by atoms with van der Waals surface area (Å²) < 4.78 is 6.32. The van der Waals surface area contributed by atoms with Crippen molar-refractivity contribution in [2.24, 2.45) is 5.10 Å². The molecule has 0 saturated heterocycles. The standard InChI is InChI=1S/C25H20BrN3O2S/c1-31-19-12-8-16(9-13-19)21-14-23(20-4-2-3-5-24(20)30)29(28-21)25-27-22(15-32-25)17-6-10-18(26)11-7-17/h2-13,15,23,30H,14H2,1H3. The lowest BCUT2D eigenvalue weighted by molar-refractivity contribution is 0.415. The lowest BCUT2D eigenvalue weighted by Gasteiger charge is -2.21. The average Bonchev–Trinajstić information content (AvgIpc) is 3.48. The number of hydrazone groups is 1. The first kappa shape index (κ1) is 20.7. The maximum atomic E-state index is 10.6. The van der Waals surface area contributed by atoms with Crippen LogP contribution in [0.2, 0.25) is 0 Å². The summed E-state index contributed by atoms with van der Waals surface area (Å²) in [5.74, 6) is 1.07. The van der Waals surface area contributed by atoms with Crippen LogP contribution in [-0.2, 0) is 0 Å². The van der Waals surface area contributed by atoms with Crippen LogP contribution in [0.3, 0.4) is 0 Å². The molecule has 0 aliphatic carbocycles. The second kappa shape index (κ2) is 8.76. The number of aromatic hydroxyl groups is 1. The molecule has 0 radical (unpaired) electrons. The number of para-hydroxylation sites is 1. The van der Waals surface area contributed by atoms with Gasteiger partial charge in [0, 0.05) is 27.4 Å². The van der Waals surface area contributed by atoms with Gasteiger partial charge in [0.15, 0.2) is 0 Å². The molecule has 5 nitrogen and oxygen atoms in total. The predicted octanol–water partition coefficient (Wildman–Crippen LogP) is 6.64. The molecule has 32 heavy (non-hydrogen) atoms. The Morgan fingerprint density at radius 2 is 1.72 bits per heavy atom. The number of hydrogen-bond donors (Lipinski definition) is 1. The number of aromatic nitrogens is 1. The molecule has 0 amide bonds.